The van der Waals surface area contributed by atoms with Crippen LogP contribution in [-0.2, 0) is 28.2 Å². The van der Waals surface area contributed by atoms with Gasteiger partial charge in [-0.15, -0.1) is 12.6 Å². The van der Waals surface area contributed by atoms with E-state index in [4.69, 9.17) is 52.6 Å². The smallest absolute Gasteiger partial charge is 1.00 e. The Bertz CT molecular complexity index is 2470. The third-order valence-electron chi connectivity index (χ3n) is 7.08. The number of nitrogens with one attached hydrogen (secondary N) is 3. The van der Waals surface area contributed by atoms with Crippen molar-refractivity contribution in [3.63, 3.8) is 0 Å². The molecule has 3 aromatic heterocycles. The van der Waals surface area contributed by atoms with Crippen LogP contribution in [0.2, 0.25) is 15.1 Å². The molecule has 6 aromatic rings. The van der Waals surface area contributed by atoms with Gasteiger partial charge in [0.05, 0.1) is 25.7 Å². The molecule has 0 unspecified atom stereocenters. The summed E-state index contributed by atoms with van der Waals surface area (Å²) in [5.74, 6) is -1.42. The molecular weight excluding hydrogens is 797 g/mol. The van der Waals surface area contributed by atoms with Crippen LogP contribution in [0.5, 0.6) is 0 Å². The third-order valence-corrected chi connectivity index (χ3v) is 7.95. The van der Waals surface area contributed by atoms with Crippen LogP contribution in [0.1, 0.15) is 38.9 Å². The topological polar surface area (TPSA) is 191 Å². The molecule has 0 aliphatic heterocycles. The Morgan fingerprint density at radius 1 is 0.792 bits per heavy atom. The van der Waals surface area contributed by atoms with Crippen molar-refractivity contribution in [2.75, 3.05) is 0 Å². The second kappa shape index (κ2) is 20.3. The van der Waals surface area contributed by atoms with E-state index < -0.39 is 33.0 Å². The van der Waals surface area contributed by atoms with Crippen molar-refractivity contribution >= 4 is 95.7 Å². The van der Waals surface area contributed by atoms with E-state index in [1.54, 1.807) is 31.6 Å². The van der Waals surface area contributed by atoms with Gasteiger partial charge in [-0.05, 0) is 61.4 Å². The van der Waals surface area contributed by atoms with Crippen LogP contribution >= 0.6 is 34.8 Å². The molecule has 276 valence electrons. The molecule has 6 rings (SSSR count). The summed E-state index contributed by atoms with van der Waals surface area (Å²) >= 11 is 16.9. The number of benzene rings is 3. The monoisotopic (exact) mass is 823 g/mol. The van der Waals surface area contributed by atoms with E-state index in [1.807, 2.05) is 0 Å². The number of halogens is 6. The van der Waals surface area contributed by atoms with Crippen molar-refractivity contribution in [1.29, 1.82) is 0 Å². The van der Waals surface area contributed by atoms with Crippen molar-refractivity contribution in [2.45, 2.75) is 33.6 Å². The van der Waals surface area contributed by atoms with Crippen LogP contribution in [0.3, 0.4) is 0 Å². The van der Waals surface area contributed by atoms with Gasteiger partial charge in [-0.3, -0.25) is 14.9 Å². The van der Waals surface area contributed by atoms with E-state index >= 15 is 0 Å². The van der Waals surface area contributed by atoms with E-state index in [2.05, 4.69) is 20.1 Å². The van der Waals surface area contributed by atoms with Gasteiger partial charge in [-0.2, -0.15) is 0 Å². The number of oxime groups is 1. The van der Waals surface area contributed by atoms with Crippen molar-refractivity contribution in [1.82, 2.24) is 15.0 Å². The SMILES string of the molecule is C/C(=C/c1c[nH]c2cc(Cl)c(F)cc12)[N+](=O)[O-].C/C(Cc1c[nH]c2cc(Cl)c(F)cc12)=N/O.CC(=O)Cc1c[nH]c2cc(Cl)c(F)cc12.O=S(=O)=O.[H-].[Na+]. The number of carbonyl (C=O) groups excluding carboxylic acids is 1. The first-order valence-electron chi connectivity index (χ1n) is 14.5. The number of ketones is 1. The summed E-state index contributed by atoms with van der Waals surface area (Å²) in [6, 6.07) is 8.51. The van der Waals surface area contributed by atoms with Crippen molar-refractivity contribution in [3.8, 4) is 0 Å². The zero-order valence-corrected chi connectivity index (χ0v) is 33.2. The number of hydrogen-bond acceptors (Lipinski definition) is 8. The number of aromatic nitrogens is 3. The molecule has 0 saturated heterocycles. The number of Topliss-reactive ketones (excluding diaryl/α,β-unsaturated/α-hetero) is 1. The molecule has 53 heavy (non-hydrogen) atoms. The molecule has 3 aromatic carbocycles. The number of aromatic amines is 3. The average molecular weight is 825 g/mol. The Balaban J connectivity index is 0.000000379. The quantitative estimate of drug-likeness (QED) is 0.0509. The summed E-state index contributed by atoms with van der Waals surface area (Å²) in [5, 5.41) is 24.4. The van der Waals surface area contributed by atoms with Crippen LogP contribution in [0, 0.1) is 27.6 Å². The molecule has 0 atom stereocenters. The number of H-pyrrole nitrogens is 3. The second-order valence-corrected chi connectivity index (χ2v) is 12.6. The fraction of sp³-hybridized carbons (Fsp3) is 0.152. The number of allylic oxidation sites excluding steroid dienone is 1. The van der Waals surface area contributed by atoms with Crippen LogP contribution < -0.4 is 29.6 Å². The standard InChI is InChI=1S/C11H8ClFN2O2.C11H10ClFN2O.C11H9ClFNO.Na.O3S.H/c1-6(15(16)17)2-7-5-14-11-4-9(12)10(13)3-8(7)11;1-6(15-16)2-7-5-14-11-4-9(12)10(13)3-8(7)11;1-6(15)2-7-5-14-11-4-9(12)10(13)3-8(7)11;;1-4(2)3;/h2-5,14H,1H3;3-5,14,16H,2H2,1H3;3-5,14H,2H2,1H3;;;/q;;;+1;;-1/b6-2-;15-6-;;;;. The first kappa shape index (κ1) is 45.0. The molecule has 12 nitrogen and oxygen atoms in total. The Morgan fingerprint density at radius 3 is 1.57 bits per heavy atom. The van der Waals surface area contributed by atoms with Crippen molar-refractivity contribution < 1.29 is 71.7 Å². The Labute approximate surface area is 339 Å². The molecule has 0 spiro atoms. The Kier molecular flexibility index (Phi) is 17.3. The van der Waals surface area contributed by atoms with Crippen molar-refractivity contribution in [2.24, 2.45) is 5.16 Å². The normalized spacial score (nSPS) is 11.1. The Hall–Kier alpha value is -4.16. The van der Waals surface area contributed by atoms with E-state index in [0.717, 1.165) is 27.5 Å². The summed E-state index contributed by atoms with van der Waals surface area (Å²) in [6.45, 7) is 4.58. The number of hydrogen-bond donors (Lipinski definition) is 4. The number of nitro groups is 1. The minimum Gasteiger partial charge on any atom is -1.00 e. The molecule has 0 fully saturated rings. The minimum atomic E-state index is -3.11. The van der Waals surface area contributed by atoms with Gasteiger partial charge in [-0.1, -0.05) is 40.0 Å². The maximum Gasteiger partial charge on any atom is 1.00 e. The van der Waals surface area contributed by atoms with Crippen LogP contribution in [0.15, 0.2) is 65.8 Å². The third kappa shape index (κ3) is 12.7. The molecule has 0 bridgehead atoms. The van der Waals surface area contributed by atoms with Crippen LogP contribution in [0.4, 0.5) is 13.2 Å². The summed E-state index contributed by atoms with van der Waals surface area (Å²) in [5.41, 5.74) is 4.94. The predicted molar refractivity (Wildman–Crippen MR) is 194 cm³/mol. The molecule has 0 aliphatic carbocycles. The number of nitrogens with zero attached hydrogens (tertiary/aromatic N) is 2. The first-order valence-corrected chi connectivity index (χ1v) is 16.7. The number of rotatable bonds is 6. The molecule has 4 N–H and O–H groups in total. The average Bonchev–Trinajstić information content (AvgIpc) is 3.75. The fourth-order valence-corrected chi connectivity index (χ4v) is 5.25. The molecule has 0 aliphatic rings. The molecule has 0 amide bonds. The van der Waals surface area contributed by atoms with Gasteiger partial charge in [0.25, 0.3) is 0 Å². The van der Waals surface area contributed by atoms with Crippen LogP contribution in [0.25, 0.3) is 38.8 Å². The van der Waals surface area contributed by atoms with Gasteiger partial charge >= 0.3 is 40.2 Å². The van der Waals surface area contributed by atoms with Gasteiger partial charge in [0.15, 0.2) is 0 Å². The zero-order chi connectivity index (χ0) is 38.9. The zero-order valence-electron chi connectivity index (χ0n) is 29.2. The van der Waals surface area contributed by atoms with E-state index in [0.29, 0.717) is 40.4 Å². The van der Waals surface area contributed by atoms with Gasteiger partial charge in [0.1, 0.15) is 23.2 Å². The van der Waals surface area contributed by atoms with Crippen LogP contribution in [-0.4, -0.2) is 49.2 Å². The van der Waals surface area contributed by atoms with Crippen molar-refractivity contribution in [3.05, 3.63) is 120 Å². The number of carbonyl (C=O) groups is 1. The molecule has 0 radical (unpaired) electrons. The molecular formula is C33H28Cl3F3N5NaO7S. The maximum absolute atomic E-state index is 13.3. The summed E-state index contributed by atoms with van der Waals surface area (Å²) in [4.78, 5) is 29.8. The number of fused-ring (bicyclic) bond motifs is 3. The Morgan fingerprint density at radius 2 is 1.17 bits per heavy atom. The summed E-state index contributed by atoms with van der Waals surface area (Å²) < 4.78 is 65.1. The predicted octanol–water partition coefficient (Wildman–Crippen LogP) is 6.16. The van der Waals surface area contributed by atoms with E-state index in [1.165, 1.54) is 50.3 Å². The fourth-order valence-electron chi connectivity index (χ4n) is 4.76. The molecule has 3 heterocycles. The van der Waals surface area contributed by atoms with E-state index in [-0.39, 0.29) is 57.5 Å². The molecule has 20 heteroatoms. The van der Waals surface area contributed by atoms with Gasteiger partial charge in [-0.25, -0.2) is 13.2 Å². The summed E-state index contributed by atoms with van der Waals surface area (Å²) in [6.07, 6.45) is 7.20. The second-order valence-electron chi connectivity index (χ2n) is 10.9. The molecule has 0 saturated carbocycles. The van der Waals surface area contributed by atoms with E-state index in [9.17, 15) is 28.1 Å². The summed E-state index contributed by atoms with van der Waals surface area (Å²) in [7, 11) is -3.11. The minimum absolute atomic E-state index is 0. The van der Waals surface area contributed by atoms with Gasteiger partial charge in [0.2, 0.25) is 5.70 Å². The van der Waals surface area contributed by atoms with Gasteiger partial charge < -0.3 is 21.6 Å². The van der Waals surface area contributed by atoms with Gasteiger partial charge in [0, 0.05) is 82.7 Å². The maximum atomic E-state index is 13.3. The largest absolute Gasteiger partial charge is 1.00 e. The first-order chi connectivity index (χ1) is 24.4.